The van der Waals surface area contributed by atoms with Crippen LogP contribution in [0.25, 0.3) is 6.08 Å². The first-order chi connectivity index (χ1) is 13.2. The lowest BCUT2D eigenvalue weighted by atomic mass is 10.1. The molecule has 3 nitrogen and oxygen atoms in total. The molecule has 2 aromatic rings. The Hall–Kier alpha value is -2.46. The summed E-state index contributed by atoms with van der Waals surface area (Å²) >= 11 is 1.26. The Morgan fingerprint density at radius 1 is 1.07 bits per heavy atom. The maximum absolute atomic E-state index is 6.11. The molecule has 1 aliphatic rings. The smallest absolute Gasteiger partial charge is 0.144 e. The SMILES string of the molecule is CCC1OC(C/C=C\c2ccccc2C)=C(C)/C1=N/OSc1ccccc1. The Kier molecular flexibility index (Phi) is 6.77. The number of oxime groups is 1. The summed E-state index contributed by atoms with van der Waals surface area (Å²) < 4.78 is 11.6. The molecule has 0 aliphatic carbocycles. The molecule has 1 heterocycles. The molecule has 0 saturated carbocycles. The van der Waals surface area contributed by atoms with Crippen LogP contribution in [0.1, 0.15) is 37.8 Å². The highest BCUT2D eigenvalue weighted by Gasteiger charge is 2.29. The highest BCUT2D eigenvalue weighted by Crippen LogP contribution is 2.29. The van der Waals surface area contributed by atoms with Crippen LogP contribution in [0, 0.1) is 6.92 Å². The van der Waals surface area contributed by atoms with E-state index in [1.54, 1.807) is 0 Å². The lowest BCUT2D eigenvalue weighted by Gasteiger charge is -2.10. The first-order valence-corrected chi connectivity index (χ1v) is 9.98. The Bertz CT molecular complexity index is 856. The molecule has 140 valence electrons. The van der Waals surface area contributed by atoms with Crippen molar-refractivity contribution >= 4 is 23.8 Å². The highest BCUT2D eigenvalue weighted by molar-refractivity contribution is 7.94. The van der Waals surface area contributed by atoms with Crippen LogP contribution in [0.4, 0.5) is 0 Å². The maximum Gasteiger partial charge on any atom is 0.144 e. The van der Waals surface area contributed by atoms with Gasteiger partial charge in [-0.25, -0.2) is 0 Å². The van der Waals surface area contributed by atoms with Crippen molar-refractivity contribution < 1.29 is 9.02 Å². The zero-order chi connectivity index (χ0) is 19.1. The summed E-state index contributed by atoms with van der Waals surface area (Å²) in [6.07, 6.45) is 5.87. The average molecular weight is 380 g/mol. The van der Waals surface area contributed by atoms with Crippen LogP contribution >= 0.6 is 12.0 Å². The molecule has 0 N–H and O–H groups in total. The Labute approximate surface area is 166 Å². The molecule has 0 aromatic heterocycles. The van der Waals surface area contributed by atoms with Crippen LogP contribution in [0.15, 0.2) is 82.1 Å². The second kappa shape index (κ2) is 9.47. The topological polar surface area (TPSA) is 30.8 Å². The van der Waals surface area contributed by atoms with E-state index in [-0.39, 0.29) is 6.10 Å². The number of ether oxygens (including phenoxy) is 1. The van der Waals surface area contributed by atoms with Crippen LogP contribution in [0.5, 0.6) is 0 Å². The fraction of sp³-hybridized carbons (Fsp3) is 0.261. The molecule has 1 aliphatic heterocycles. The van der Waals surface area contributed by atoms with Crippen molar-refractivity contribution in [1.29, 1.82) is 0 Å². The zero-order valence-electron chi connectivity index (χ0n) is 16.0. The van der Waals surface area contributed by atoms with Gasteiger partial charge in [-0.3, -0.25) is 0 Å². The van der Waals surface area contributed by atoms with Gasteiger partial charge in [0.1, 0.15) is 29.6 Å². The molecule has 0 bridgehead atoms. The van der Waals surface area contributed by atoms with Crippen molar-refractivity contribution in [3.05, 3.63) is 83.1 Å². The van der Waals surface area contributed by atoms with Gasteiger partial charge < -0.3 is 9.02 Å². The summed E-state index contributed by atoms with van der Waals surface area (Å²) in [4.78, 5) is 1.02. The van der Waals surface area contributed by atoms with Crippen LogP contribution < -0.4 is 0 Å². The molecule has 1 atom stereocenters. The minimum Gasteiger partial charge on any atom is -0.488 e. The molecule has 1 unspecified atom stereocenters. The standard InChI is InChI=1S/C23H25NO2S/c1-4-21-23(24-26-27-20-14-6-5-7-15-20)18(3)22(25-21)16-10-13-19-12-9-8-11-17(19)2/h5-15,21H,4,16H2,1-3H3/b13-10-,24-23-. The van der Waals surface area contributed by atoms with Crippen molar-refractivity contribution in [2.45, 2.75) is 44.6 Å². The van der Waals surface area contributed by atoms with E-state index >= 15 is 0 Å². The first kappa shape index (κ1) is 19.3. The van der Waals surface area contributed by atoms with Gasteiger partial charge in [0.15, 0.2) is 0 Å². The number of hydrogen-bond donors (Lipinski definition) is 0. The van der Waals surface area contributed by atoms with Gasteiger partial charge in [-0.1, -0.05) is 66.7 Å². The van der Waals surface area contributed by atoms with Crippen molar-refractivity contribution in [3.63, 3.8) is 0 Å². The van der Waals surface area contributed by atoms with Crippen molar-refractivity contribution in [3.8, 4) is 0 Å². The number of nitrogens with zero attached hydrogens (tertiary/aromatic N) is 1. The molecule has 0 fully saturated rings. The van der Waals surface area contributed by atoms with Crippen LogP contribution in [0.3, 0.4) is 0 Å². The highest BCUT2D eigenvalue weighted by atomic mass is 32.2. The average Bonchev–Trinajstić information content (AvgIpc) is 2.99. The maximum atomic E-state index is 6.11. The molecule has 0 spiro atoms. The van der Waals surface area contributed by atoms with E-state index in [0.717, 1.165) is 34.8 Å². The summed E-state index contributed by atoms with van der Waals surface area (Å²) in [7, 11) is 0. The zero-order valence-corrected chi connectivity index (χ0v) is 16.8. The third-order valence-electron chi connectivity index (χ3n) is 4.56. The third-order valence-corrected chi connectivity index (χ3v) is 5.18. The second-order valence-corrected chi connectivity index (χ2v) is 7.26. The van der Waals surface area contributed by atoms with Gasteiger partial charge in [0.2, 0.25) is 0 Å². The Morgan fingerprint density at radius 3 is 2.56 bits per heavy atom. The number of hydrogen-bond acceptors (Lipinski definition) is 4. The van der Waals surface area contributed by atoms with Gasteiger partial charge in [0.25, 0.3) is 0 Å². The molecule has 4 heteroatoms. The largest absolute Gasteiger partial charge is 0.488 e. The fourth-order valence-electron chi connectivity index (χ4n) is 2.95. The molecule has 3 rings (SSSR count). The van der Waals surface area contributed by atoms with E-state index in [1.165, 1.54) is 23.2 Å². The Balaban J connectivity index is 1.66. The van der Waals surface area contributed by atoms with Crippen molar-refractivity contribution in [2.75, 3.05) is 0 Å². The molecule has 0 radical (unpaired) electrons. The summed E-state index contributed by atoms with van der Waals surface area (Å²) in [5, 5.41) is 4.36. The lowest BCUT2D eigenvalue weighted by Crippen LogP contribution is -2.16. The van der Waals surface area contributed by atoms with Crippen LogP contribution in [0.2, 0.25) is 0 Å². The molecular weight excluding hydrogens is 354 g/mol. The van der Waals surface area contributed by atoms with Gasteiger partial charge in [-0.15, -0.1) is 0 Å². The van der Waals surface area contributed by atoms with Crippen molar-refractivity contribution in [1.82, 2.24) is 0 Å². The van der Waals surface area contributed by atoms with Gasteiger partial charge in [0, 0.05) is 12.0 Å². The van der Waals surface area contributed by atoms with Crippen molar-refractivity contribution in [2.24, 2.45) is 5.16 Å². The molecular formula is C23H25NO2S. The normalized spacial score (nSPS) is 18.3. The van der Waals surface area contributed by atoms with E-state index in [0.29, 0.717) is 0 Å². The first-order valence-electron chi connectivity index (χ1n) is 9.24. The second-order valence-electron chi connectivity index (χ2n) is 6.47. The van der Waals surface area contributed by atoms with Gasteiger partial charge in [0.05, 0.1) is 4.90 Å². The molecule has 0 amide bonds. The fourth-order valence-corrected chi connectivity index (χ4v) is 3.42. The van der Waals surface area contributed by atoms with Crippen LogP contribution in [-0.4, -0.2) is 11.8 Å². The minimum absolute atomic E-state index is 0.0387. The summed E-state index contributed by atoms with van der Waals surface area (Å²) in [6, 6.07) is 18.3. The van der Waals surface area contributed by atoms with E-state index in [1.807, 2.05) is 30.3 Å². The predicted octanol–water partition coefficient (Wildman–Crippen LogP) is 6.56. The quantitative estimate of drug-likeness (QED) is 0.403. The predicted molar refractivity (Wildman–Crippen MR) is 114 cm³/mol. The number of allylic oxidation sites excluding steroid dienone is 1. The summed E-state index contributed by atoms with van der Waals surface area (Å²) in [6.45, 7) is 6.28. The number of aryl methyl sites for hydroxylation is 1. The van der Waals surface area contributed by atoms with E-state index in [4.69, 9.17) is 9.02 Å². The molecule has 27 heavy (non-hydrogen) atoms. The number of benzene rings is 2. The summed E-state index contributed by atoms with van der Waals surface area (Å²) in [5.41, 5.74) is 4.47. The van der Waals surface area contributed by atoms with Gasteiger partial charge in [-0.2, -0.15) is 0 Å². The monoisotopic (exact) mass is 379 g/mol. The van der Waals surface area contributed by atoms with E-state index < -0.39 is 0 Å². The third kappa shape index (κ3) is 5.04. The van der Waals surface area contributed by atoms with E-state index in [2.05, 4.69) is 62.3 Å². The Morgan fingerprint density at radius 2 is 1.81 bits per heavy atom. The number of rotatable bonds is 7. The molecule has 2 aromatic carbocycles. The molecule has 0 saturated heterocycles. The van der Waals surface area contributed by atoms with Gasteiger partial charge in [-0.05, 0) is 43.5 Å². The van der Waals surface area contributed by atoms with Crippen LogP contribution in [-0.2, 0) is 9.02 Å². The van der Waals surface area contributed by atoms with E-state index in [9.17, 15) is 0 Å². The van der Waals surface area contributed by atoms with Gasteiger partial charge >= 0.3 is 0 Å². The minimum atomic E-state index is -0.0387. The lowest BCUT2D eigenvalue weighted by molar-refractivity contribution is 0.173. The summed E-state index contributed by atoms with van der Waals surface area (Å²) in [5.74, 6) is 0.971.